The smallest absolute Gasteiger partial charge is 0.203 e. The normalized spacial score (nSPS) is 24.1. The van der Waals surface area contributed by atoms with Gasteiger partial charge in [-0.25, -0.2) is 0 Å². The van der Waals surface area contributed by atoms with Crippen LogP contribution in [0.25, 0.3) is 0 Å². The fourth-order valence-corrected chi connectivity index (χ4v) is 1.89. The monoisotopic (exact) mass is 201 g/mol. The van der Waals surface area contributed by atoms with E-state index in [9.17, 15) is 5.26 Å². The van der Waals surface area contributed by atoms with Crippen molar-refractivity contribution in [2.24, 2.45) is 5.41 Å². The van der Waals surface area contributed by atoms with Crippen LogP contribution in [0.5, 0.6) is 5.75 Å². The zero-order valence-corrected chi connectivity index (χ0v) is 9.37. The standard InChI is InChI=1S/C13H15NO/c1-12(2,3)13(9-14)8-10-6-4-5-7-11(10)15-13/h4-7H,8H2,1-3H3. The van der Waals surface area contributed by atoms with E-state index in [2.05, 4.69) is 6.07 Å². The molecule has 0 fully saturated rings. The molecule has 78 valence electrons. The number of fused-ring (bicyclic) bond motifs is 1. The van der Waals surface area contributed by atoms with Gasteiger partial charge in [-0.05, 0) is 11.6 Å². The lowest BCUT2D eigenvalue weighted by molar-refractivity contribution is 0.0390. The molecule has 0 radical (unpaired) electrons. The first kappa shape index (κ1) is 10.0. The van der Waals surface area contributed by atoms with Crippen LogP contribution in [0.3, 0.4) is 0 Å². The Balaban J connectivity index is 2.44. The minimum Gasteiger partial charge on any atom is -0.471 e. The summed E-state index contributed by atoms with van der Waals surface area (Å²) in [6.45, 7) is 6.13. The Bertz CT molecular complexity index is 398. The van der Waals surface area contributed by atoms with Gasteiger partial charge in [0.15, 0.2) is 0 Å². The number of benzene rings is 1. The lowest BCUT2D eigenvalue weighted by Gasteiger charge is -2.34. The summed E-state index contributed by atoms with van der Waals surface area (Å²) in [5.41, 5.74) is 0.242. The maximum absolute atomic E-state index is 9.35. The second-order valence-corrected chi connectivity index (χ2v) is 5.08. The molecular weight excluding hydrogens is 186 g/mol. The van der Waals surface area contributed by atoms with E-state index in [1.165, 1.54) is 0 Å². The van der Waals surface area contributed by atoms with Crippen molar-refractivity contribution < 1.29 is 4.74 Å². The molecule has 1 aliphatic heterocycles. The first-order chi connectivity index (χ1) is 6.98. The van der Waals surface area contributed by atoms with Crippen molar-refractivity contribution in [3.63, 3.8) is 0 Å². The van der Waals surface area contributed by atoms with E-state index in [1.54, 1.807) is 0 Å². The third-order valence-electron chi connectivity index (χ3n) is 3.09. The number of para-hydroxylation sites is 1. The number of hydrogen-bond acceptors (Lipinski definition) is 2. The van der Waals surface area contributed by atoms with Crippen molar-refractivity contribution in [1.82, 2.24) is 0 Å². The summed E-state index contributed by atoms with van der Waals surface area (Å²) in [6, 6.07) is 10.2. The van der Waals surface area contributed by atoms with Gasteiger partial charge in [-0.1, -0.05) is 39.0 Å². The van der Waals surface area contributed by atoms with Crippen LogP contribution in [0.2, 0.25) is 0 Å². The molecule has 2 heteroatoms. The molecule has 2 rings (SSSR count). The largest absolute Gasteiger partial charge is 0.471 e. The number of rotatable bonds is 0. The van der Waals surface area contributed by atoms with E-state index < -0.39 is 5.60 Å². The molecule has 0 N–H and O–H groups in total. The van der Waals surface area contributed by atoms with Gasteiger partial charge in [-0.15, -0.1) is 0 Å². The quantitative estimate of drug-likeness (QED) is 0.646. The number of nitrogens with zero attached hydrogens (tertiary/aromatic N) is 1. The SMILES string of the molecule is CC(C)(C)C1(C#N)Cc2ccccc2O1. The molecule has 0 aliphatic carbocycles. The van der Waals surface area contributed by atoms with Crippen molar-refractivity contribution in [3.05, 3.63) is 29.8 Å². The van der Waals surface area contributed by atoms with Crippen LogP contribution in [-0.2, 0) is 6.42 Å². The highest BCUT2D eigenvalue weighted by Crippen LogP contribution is 2.44. The molecule has 1 aromatic carbocycles. The Morgan fingerprint density at radius 2 is 2.00 bits per heavy atom. The van der Waals surface area contributed by atoms with Gasteiger partial charge in [0.1, 0.15) is 11.8 Å². The Hall–Kier alpha value is -1.49. The third kappa shape index (κ3) is 1.39. The summed E-state index contributed by atoms with van der Waals surface area (Å²) in [5.74, 6) is 0.856. The molecule has 1 unspecified atom stereocenters. The van der Waals surface area contributed by atoms with Gasteiger partial charge >= 0.3 is 0 Å². The molecule has 0 aromatic heterocycles. The molecule has 15 heavy (non-hydrogen) atoms. The maximum Gasteiger partial charge on any atom is 0.203 e. The summed E-state index contributed by atoms with van der Waals surface area (Å²) in [6.07, 6.45) is 0.684. The topological polar surface area (TPSA) is 33.0 Å². The van der Waals surface area contributed by atoms with Crippen LogP contribution in [0, 0.1) is 16.7 Å². The second-order valence-electron chi connectivity index (χ2n) is 5.08. The Kier molecular flexibility index (Phi) is 2.01. The van der Waals surface area contributed by atoms with Crippen LogP contribution in [0.15, 0.2) is 24.3 Å². The summed E-state index contributed by atoms with van der Waals surface area (Å²) >= 11 is 0. The number of hydrogen-bond donors (Lipinski definition) is 0. The van der Waals surface area contributed by atoms with Gasteiger partial charge < -0.3 is 4.74 Å². The van der Waals surface area contributed by atoms with Gasteiger partial charge in [0, 0.05) is 11.8 Å². The van der Waals surface area contributed by atoms with E-state index in [-0.39, 0.29) is 5.41 Å². The highest BCUT2D eigenvalue weighted by molar-refractivity contribution is 5.42. The first-order valence-corrected chi connectivity index (χ1v) is 5.17. The average molecular weight is 201 g/mol. The van der Waals surface area contributed by atoms with Crippen LogP contribution < -0.4 is 4.74 Å². The molecule has 0 amide bonds. The molecule has 2 nitrogen and oxygen atoms in total. The zero-order chi connectivity index (χ0) is 11.1. The summed E-state index contributed by atoms with van der Waals surface area (Å²) in [7, 11) is 0. The fourth-order valence-electron chi connectivity index (χ4n) is 1.89. The predicted molar refractivity (Wildman–Crippen MR) is 58.6 cm³/mol. The minimum absolute atomic E-state index is 0.180. The zero-order valence-electron chi connectivity index (χ0n) is 9.37. The van der Waals surface area contributed by atoms with E-state index >= 15 is 0 Å². The van der Waals surface area contributed by atoms with E-state index in [1.807, 2.05) is 45.0 Å². The molecule has 0 spiro atoms. The van der Waals surface area contributed by atoms with Crippen molar-refractivity contribution in [1.29, 1.82) is 5.26 Å². The lowest BCUT2D eigenvalue weighted by atomic mass is 9.75. The van der Waals surface area contributed by atoms with Gasteiger partial charge in [-0.3, -0.25) is 0 Å². The van der Waals surface area contributed by atoms with Crippen LogP contribution >= 0.6 is 0 Å². The summed E-state index contributed by atoms with van der Waals surface area (Å²) < 4.78 is 5.85. The van der Waals surface area contributed by atoms with E-state index in [0.29, 0.717) is 6.42 Å². The van der Waals surface area contributed by atoms with Gasteiger partial charge in [0.2, 0.25) is 5.60 Å². The second kappa shape index (κ2) is 3.00. The van der Waals surface area contributed by atoms with Crippen molar-refractivity contribution in [3.8, 4) is 11.8 Å². The highest BCUT2D eigenvalue weighted by atomic mass is 16.5. The Morgan fingerprint density at radius 1 is 1.33 bits per heavy atom. The number of nitriles is 1. The van der Waals surface area contributed by atoms with Gasteiger partial charge in [0.05, 0.1) is 0 Å². The molecular formula is C13H15NO. The molecule has 1 atom stereocenters. The van der Waals surface area contributed by atoms with Crippen molar-refractivity contribution in [2.45, 2.75) is 32.8 Å². The van der Waals surface area contributed by atoms with Crippen LogP contribution in [0.1, 0.15) is 26.3 Å². The minimum atomic E-state index is -0.712. The van der Waals surface area contributed by atoms with Crippen molar-refractivity contribution in [2.75, 3.05) is 0 Å². The Morgan fingerprint density at radius 3 is 2.53 bits per heavy atom. The highest BCUT2D eigenvalue weighted by Gasteiger charge is 2.49. The average Bonchev–Trinajstić information content (AvgIpc) is 2.56. The molecule has 0 saturated carbocycles. The lowest BCUT2D eigenvalue weighted by Crippen LogP contribution is -2.45. The van der Waals surface area contributed by atoms with Crippen molar-refractivity contribution >= 4 is 0 Å². The molecule has 1 heterocycles. The summed E-state index contributed by atoms with van der Waals surface area (Å²) in [5, 5.41) is 9.35. The number of ether oxygens (including phenoxy) is 1. The first-order valence-electron chi connectivity index (χ1n) is 5.17. The van der Waals surface area contributed by atoms with Crippen LogP contribution in [0.4, 0.5) is 0 Å². The summed E-state index contributed by atoms with van der Waals surface area (Å²) in [4.78, 5) is 0. The van der Waals surface area contributed by atoms with Gasteiger partial charge in [0.25, 0.3) is 0 Å². The fraction of sp³-hybridized carbons (Fsp3) is 0.462. The molecule has 0 bridgehead atoms. The van der Waals surface area contributed by atoms with Gasteiger partial charge in [-0.2, -0.15) is 5.26 Å². The Labute approximate surface area is 90.5 Å². The predicted octanol–water partition coefficient (Wildman–Crippen LogP) is 2.93. The van der Waals surface area contributed by atoms with E-state index in [4.69, 9.17) is 4.74 Å². The maximum atomic E-state index is 9.35. The molecule has 0 saturated heterocycles. The molecule has 1 aromatic rings. The third-order valence-corrected chi connectivity index (χ3v) is 3.09. The molecule has 1 aliphatic rings. The van der Waals surface area contributed by atoms with E-state index in [0.717, 1.165) is 11.3 Å². The van der Waals surface area contributed by atoms with Crippen LogP contribution in [-0.4, -0.2) is 5.60 Å².